The molecule has 0 spiro atoms. The van der Waals surface area contributed by atoms with Gasteiger partial charge in [-0.15, -0.1) is 0 Å². The minimum atomic E-state index is -0.171. The lowest BCUT2D eigenvalue weighted by Crippen LogP contribution is -2.00. The summed E-state index contributed by atoms with van der Waals surface area (Å²) in [5.41, 5.74) is 1.03. The summed E-state index contributed by atoms with van der Waals surface area (Å²) in [6.45, 7) is 0. The molecule has 2 nitrogen and oxygen atoms in total. The maximum Gasteiger partial charge on any atom is 0.255 e. The predicted molar refractivity (Wildman–Crippen MR) is 74.3 cm³/mol. The smallest absolute Gasteiger partial charge is 0.255 e. The summed E-state index contributed by atoms with van der Waals surface area (Å²) in [6.07, 6.45) is 4.28. The highest BCUT2D eigenvalue weighted by Gasteiger charge is 2.02. The summed E-state index contributed by atoms with van der Waals surface area (Å²) in [4.78, 5) is 11.6. The van der Waals surface area contributed by atoms with Gasteiger partial charge in [0.05, 0.1) is 6.42 Å². The quantitative estimate of drug-likeness (QED) is 0.799. The van der Waals surface area contributed by atoms with Gasteiger partial charge in [0.15, 0.2) is 0 Å². The first-order chi connectivity index (χ1) is 8.15. The highest BCUT2D eigenvalue weighted by molar-refractivity contribution is 7.86. The second-order valence-corrected chi connectivity index (χ2v) is 5.85. The van der Waals surface area contributed by atoms with Gasteiger partial charge in [0, 0.05) is 0 Å². The van der Waals surface area contributed by atoms with Crippen LogP contribution in [0.2, 0.25) is 0 Å². The number of nitrogens with zero attached hydrogens (tertiary/aromatic N) is 1. The Morgan fingerprint density at radius 1 is 1.12 bits per heavy atom. The molecule has 0 saturated heterocycles. The van der Waals surface area contributed by atoms with E-state index in [4.69, 9.17) is 0 Å². The lowest BCUT2D eigenvalue weighted by Gasteiger charge is -2.01. The molecule has 0 heterocycles. The molecule has 2 aromatic carbocycles. The van der Waals surface area contributed by atoms with Crippen molar-refractivity contribution in [3.8, 4) is 0 Å². The van der Waals surface area contributed by atoms with Gasteiger partial charge in [-0.2, -0.15) is 4.36 Å². The van der Waals surface area contributed by atoms with Gasteiger partial charge in [-0.25, -0.2) is 0 Å². The van der Waals surface area contributed by atoms with E-state index in [1.165, 1.54) is 10.8 Å². The van der Waals surface area contributed by atoms with E-state index in [1.807, 2.05) is 30.7 Å². The molecule has 0 N–H and O–H groups in total. The molecule has 0 saturated carbocycles. The van der Waals surface area contributed by atoms with Crippen molar-refractivity contribution in [3.63, 3.8) is 0 Å². The summed E-state index contributed by atoms with van der Waals surface area (Å²) in [6, 6.07) is 14.3. The Kier molecular flexibility index (Phi) is 3.69. The third-order valence-corrected chi connectivity index (χ3v) is 3.02. The highest BCUT2D eigenvalue weighted by Crippen LogP contribution is 2.16. The average Bonchev–Trinajstić information content (AvgIpc) is 2.27. The molecule has 0 fully saturated rings. The zero-order chi connectivity index (χ0) is 12.3. The number of fused-ring (bicyclic) bond motifs is 1. The molecule has 0 bridgehead atoms. The summed E-state index contributed by atoms with van der Waals surface area (Å²) in [7, 11) is -0.171. The van der Waals surface area contributed by atoms with Gasteiger partial charge < -0.3 is 0 Å². The van der Waals surface area contributed by atoms with Crippen LogP contribution in [0.1, 0.15) is 5.56 Å². The molecule has 2 rings (SSSR count). The van der Waals surface area contributed by atoms with E-state index in [-0.39, 0.29) is 16.6 Å². The number of carbonyl (C=O) groups is 1. The van der Waals surface area contributed by atoms with Gasteiger partial charge in [0.1, 0.15) is 0 Å². The van der Waals surface area contributed by atoms with Gasteiger partial charge >= 0.3 is 0 Å². The molecule has 0 aliphatic rings. The number of benzene rings is 2. The topological polar surface area (TPSA) is 29.4 Å². The third-order valence-electron chi connectivity index (χ3n) is 2.45. The number of amides is 1. The molecule has 1 amide bonds. The van der Waals surface area contributed by atoms with Crippen molar-refractivity contribution in [3.05, 3.63) is 48.0 Å². The monoisotopic (exact) mass is 245 g/mol. The van der Waals surface area contributed by atoms with Crippen LogP contribution in [0.5, 0.6) is 0 Å². The number of carbonyl (C=O) groups excluding carboxylic acids is 1. The lowest BCUT2D eigenvalue weighted by atomic mass is 10.1. The van der Waals surface area contributed by atoms with E-state index >= 15 is 0 Å². The SMILES string of the molecule is CS(C)=NC(=O)Cc1ccc2ccccc2c1. The first kappa shape index (κ1) is 12.0. The van der Waals surface area contributed by atoms with Crippen LogP contribution in [0.4, 0.5) is 0 Å². The Morgan fingerprint density at radius 3 is 2.53 bits per heavy atom. The summed E-state index contributed by atoms with van der Waals surface area (Å²) in [5.74, 6) is -0.0337. The molecule has 0 aliphatic heterocycles. The fourth-order valence-corrected chi connectivity index (χ4v) is 2.23. The van der Waals surface area contributed by atoms with E-state index < -0.39 is 0 Å². The van der Waals surface area contributed by atoms with Crippen molar-refractivity contribution in [2.75, 3.05) is 12.5 Å². The van der Waals surface area contributed by atoms with Crippen LogP contribution >= 0.6 is 0 Å². The largest absolute Gasteiger partial charge is 0.272 e. The van der Waals surface area contributed by atoms with Crippen molar-refractivity contribution in [1.29, 1.82) is 0 Å². The number of rotatable bonds is 2. The van der Waals surface area contributed by atoms with Gasteiger partial charge in [0.2, 0.25) is 0 Å². The van der Waals surface area contributed by atoms with E-state index in [0.29, 0.717) is 6.42 Å². The first-order valence-corrected chi connectivity index (χ1v) is 7.45. The number of hydrogen-bond acceptors (Lipinski definition) is 1. The van der Waals surface area contributed by atoms with Crippen LogP contribution in [0.25, 0.3) is 10.8 Å². The summed E-state index contributed by atoms with van der Waals surface area (Å²) < 4.78 is 4.04. The predicted octanol–water partition coefficient (Wildman–Crippen LogP) is 2.97. The molecule has 0 unspecified atom stereocenters. The Hall–Kier alpha value is -1.48. The van der Waals surface area contributed by atoms with Gasteiger partial charge in [-0.3, -0.25) is 4.79 Å². The Bertz CT molecular complexity index is 586. The van der Waals surface area contributed by atoms with Crippen LogP contribution in [-0.4, -0.2) is 18.4 Å². The normalized spacial score (nSPS) is 10.8. The molecule has 2 aromatic rings. The van der Waals surface area contributed by atoms with Crippen molar-refractivity contribution < 1.29 is 4.79 Å². The Labute approximate surface area is 104 Å². The van der Waals surface area contributed by atoms with Crippen LogP contribution < -0.4 is 0 Å². The van der Waals surface area contributed by atoms with E-state index in [9.17, 15) is 4.79 Å². The van der Waals surface area contributed by atoms with Gasteiger partial charge in [-0.05, 0) is 28.8 Å². The van der Waals surface area contributed by atoms with Crippen molar-refractivity contribution in [2.24, 2.45) is 4.36 Å². The second kappa shape index (κ2) is 5.23. The van der Waals surface area contributed by atoms with Gasteiger partial charge in [0.25, 0.3) is 5.91 Å². The summed E-state index contributed by atoms with van der Waals surface area (Å²) >= 11 is 0. The minimum Gasteiger partial charge on any atom is -0.272 e. The van der Waals surface area contributed by atoms with Crippen molar-refractivity contribution >= 4 is 27.4 Å². The summed E-state index contributed by atoms with van der Waals surface area (Å²) in [5, 5.41) is 2.37. The first-order valence-electron chi connectivity index (χ1n) is 5.45. The lowest BCUT2D eigenvalue weighted by molar-refractivity contribution is -0.116. The molecule has 88 valence electrons. The molecule has 17 heavy (non-hydrogen) atoms. The fourth-order valence-electron chi connectivity index (χ4n) is 1.76. The third kappa shape index (κ3) is 3.24. The van der Waals surface area contributed by atoms with Crippen molar-refractivity contribution in [2.45, 2.75) is 6.42 Å². The van der Waals surface area contributed by atoms with E-state index in [1.54, 1.807) is 0 Å². The molecule has 0 aliphatic carbocycles. The zero-order valence-corrected chi connectivity index (χ0v) is 10.8. The molecule has 0 aromatic heterocycles. The highest BCUT2D eigenvalue weighted by atomic mass is 32.2. The van der Waals surface area contributed by atoms with Crippen LogP contribution in [0.3, 0.4) is 0 Å². The second-order valence-electron chi connectivity index (χ2n) is 4.12. The standard InChI is InChI=1S/C14H15NOS/c1-17(2)15-14(16)10-11-7-8-12-5-3-4-6-13(12)9-11/h3-9H,10H2,1-2H3. The van der Waals surface area contributed by atoms with Crippen LogP contribution in [-0.2, 0) is 21.9 Å². The Morgan fingerprint density at radius 2 is 1.82 bits per heavy atom. The molecular weight excluding hydrogens is 230 g/mol. The molecule has 3 heteroatoms. The molecular formula is C14H15NOS. The molecule has 0 radical (unpaired) electrons. The van der Waals surface area contributed by atoms with Crippen molar-refractivity contribution in [1.82, 2.24) is 0 Å². The van der Waals surface area contributed by atoms with E-state index in [0.717, 1.165) is 5.56 Å². The average molecular weight is 245 g/mol. The minimum absolute atomic E-state index is 0.0337. The van der Waals surface area contributed by atoms with Crippen LogP contribution in [0.15, 0.2) is 46.8 Å². The zero-order valence-electron chi connectivity index (χ0n) is 10.0. The van der Waals surface area contributed by atoms with E-state index in [2.05, 4.69) is 28.6 Å². The van der Waals surface area contributed by atoms with Crippen LogP contribution in [0, 0.1) is 0 Å². The Balaban J connectivity index is 2.25. The molecule has 0 atom stereocenters. The maximum atomic E-state index is 11.6. The maximum absolute atomic E-state index is 11.6. The fraction of sp³-hybridized carbons (Fsp3) is 0.214. The van der Waals surface area contributed by atoms with Gasteiger partial charge in [-0.1, -0.05) is 53.2 Å². The number of hydrogen-bond donors (Lipinski definition) is 0.